The van der Waals surface area contributed by atoms with Gasteiger partial charge in [-0.15, -0.1) is 0 Å². The van der Waals surface area contributed by atoms with Gasteiger partial charge in [0.05, 0.1) is 19.4 Å². The van der Waals surface area contributed by atoms with Crippen LogP contribution in [0.5, 0.6) is 0 Å². The zero-order valence-electron chi connectivity index (χ0n) is 15.3. The third kappa shape index (κ3) is 2.97. The molecule has 7 nitrogen and oxygen atoms in total. The summed E-state index contributed by atoms with van der Waals surface area (Å²) < 4.78 is 7.39. The number of urea groups is 1. The molecule has 4 heterocycles. The Balaban J connectivity index is 1.53. The third-order valence-electron chi connectivity index (χ3n) is 5.34. The Morgan fingerprint density at radius 2 is 2.19 bits per heavy atom. The van der Waals surface area contributed by atoms with E-state index in [0.717, 1.165) is 27.8 Å². The molecule has 2 saturated heterocycles. The summed E-state index contributed by atoms with van der Waals surface area (Å²) in [5.41, 5.74) is 1.43. The van der Waals surface area contributed by atoms with Gasteiger partial charge < -0.3 is 14.3 Å². The van der Waals surface area contributed by atoms with Gasteiger partial charge in [-0.05, 0) is 44.2 Å². The lowest BCUT2D eigenvalue weighted by molar-refractivity contribution is -0.130. The number of amides is 3. The minimum Gasteiger partial charge on any atom is -0.467 e. The summed E-state index contributed by atoms with van der Waals surface area (Å²) in [5.74, 6) is 1.68. The third-order valence-corrected chi connectivity index (χ3v) is 6.53. The highest BCUT2D eigenvalue weighted by atomic mass is 32.2. The largest absolute Gasteiger partial charge is 0.467 e. The van der Waals surface area contributed by atoms with Crippen molar-refractivity contribution in [3.05, 3.63) is 47.2 Å². The molecule has 142 valence electrons. The highest BCUT2D eigenvalue weighted by Gasteiger charge is 2.53. The van der Waals surface area contributed by atoms with Gasteiger partial charge in [-0.1, -0.05) is 0 Å². The van der Waals surface area contributed by atoms with Gasteiger partial charge in [0.1, 0.15) is 11.3 Å². The lowest BCUT2D eigenvalue weighted by Gasteiger charge is -2.19. The number of carbonyl (C=O) groups excluding carboxylic acids is 3. The summed E-state index contributed by atoms with van der Waals surface area (Å²) >= 11 is 1.64. The molecule has 1 spiro atoms. The summed E-state index contributed by atoms with van der Waals surface area (Å²) in [6.07, 6.45) is 2.23. The van der Waals surface area contributed by atoms with Gasteiger partial charge in [0.25, 0.3) is 5.91 Å². The van der Waals surface area contributed by atoms with Crippen molar-refractivity contribution in [1.82, 2.24) is 14.8 Å². The predicted octanol–water partition coefficient (Wildman–Crippen LogP) is 2.36. The number of carbonyl (C=O) groups is 3. The zero-order valence-corrected chi connectivity index (χ0v) is 16.1. The summed E-state index contributed by atoms with van der Waals surface area (Å²) in [4.78, 5) is 39.0. The maximum Gasteiger partial charge on any atom is 0.325 e. The molecule has 1 atom stereocenters. The van der Waals surface area contributed by atoms with Crippen LogP contribution in [0.1, 0.15) is 33.9 Å². The van der Waals surface area contributed by atoms with E-state index in [1.54, 1.807) is 24.1 Å². The average Bonchev–Trinajstić information content (AvgIpc) is 3.40. The van der Waals surface area contributed by atoms with E-state index in [-0.39, 0.29) is 18.2 Å². The Bertz CT molecular complexity index is 910. The monoisotopic (exact) mass is 387 g/mol. The zero-order chi connectivity index (χ0) is 19.2. The lowest BCUT2D eigenvalue weighted by Crippen LogP contribution is -2.47. The molecular formula is C19H21N3O4S. The first-order valence-corrected chi connectivity index (χ1v) is 10.0. The molecule has 1 N–H and O–H groups in total. The van der Waals surface area contributed by atoms with Crippen LogP contribution in [-0.4, -0.2) is 50.8 Å². The fourth-order valence-electron chi connectivity index (χ4n) is 3.77. The van der Waals surface area contributed by atoms with Crippen LogP contribution in [0.25, 0.3) is 0 Å². The van der Waals surface area contributed by atoms with Crippen LogP contribution in [0.2, 0.25) is 0 Å². The number of furan rings is 1. The minimum absolute atomic E-state index is 0.234. The van der Waals surface area contributed by atoms with Crippen LogP contribution in [0.15, 0.2) is 28.9 Å². The number of rotatable bonds is 5. The van der Waals surface area contributed by atoms with Crippen molar-refractivity contribution < 1.29 is 18.8 Å². The number of nitrogens with zero attached hydrogens (tertiary/aromatic N) is 2. The molecule has 0 aliphatic carbocycles. The molecule has 0 aromatic carbocycles. The van der Waals surface area contributed by atoms with Gasteiger partial charge in [0, 0.05) is 22.7 Å². The fourth-order valence-corrected chi connectivity index (χ4v) is 5.09. The molecule has 27 heavy (non-hydrogen) atoms. The van der Waals surface area contributed by atoms with E-state index in [1.807, 2.05) is 30.5 Å². The Morgan fingerprint density at radius 1 is 1.37 bits per heavy atom. The van der Waals surface area contributed by atoms with Crippen molar-refractivity contribution in [2.24, 2.45) is 0 Å². The van der Waals surface area contributed by atoms with E-state index in [1.165, 1.54) is 0 Å². The number of hydrogen-bond donors (Lipinski definition) is 1. The van der Waals surface area contributed by atoms with E-state index in [9.17, 15) is 14.4 Å². The molecule has 2 aromatic heterocycles. The van der Waals surface area contributed by atoms with Crippen molar-refractivity contribution in [3.8, 4) is 0 Å². The first kappa shape index (κ1) is 17.9. The van der Waals surface area contributed by atoms with Gasteiger partial charge in [0.15, 0.2) is 5.78 Å². The maximum absolute atomic E-state index is 12.9. The topological polar surface area (TPSA) is 84.5 Å². The van der Waals surface area contributed by atoms with Crippen LogP contribution in [0.3, 0.4) is 0 Å². The maximum atomic E-state index is 12.9. The summed E-state index contributed by atoms with van der Waals surface area (Å²) in [7, 11) is 0. The van der Waals surface area contributed by atoms with Gasteiger partial charge in [-0.2, -0.15) is 11.8 Å². The molecule has 2 aromatic rings. The first-order valence-electron chi connectivity index (χ1n) is 8.85. The van der Waals surface area contributed by atoms with E-state index in [0.29, 0.717) is 24.3 Å². The number of ketones is 1. The highest BCUT2D eigenvalue weighted by molar-refractivity contribution is 7.99. The molecule has 8 heteroatoms. The van der Waals surface area contributed by atoms with Crippen molar-refractivity contribution >= 4 is 29.5 Å². The number of nitrogens with one attached hydrogen (secondary N) is 1. The number of imide groups is 1. The second-order valence-corrected chi connectivity index (χ2v) is 8.18. The Hall–Kier alpha value is -2.48. The van der Waals surface area contributed by atoms with Crippen LogP contribution in [0.4, 0.5) is 4.79 Å². The smallest absolute Gasteiger partial charge is 0.325 e. The molecule has 0 saturated carbocycles. The van der Waals surface area contributed by atoms with Gasteiger partial charge >= 0.3 is 6.03 Å². The van der Waals surface area contributed by atoms with Gasteiger partial charge in [-0.3, -0.25) is 14.5 Å². The van der Waals surface area contributed by atoms with E-state index in [4.69, 9.17) is 4.42 Å². The summed E-state index contributed by atoms with van der Waals surface area (Å²) in [6, 6.07) is 5.04. The number of aromatic nitrogens is 1. The number of hydrogen-bond acceptors (Lipinski definition) is 5. The molecule has 3 amide bonds. The normalized spacial score (nSPS) is 22.1. The second-order valence-electron chi connectivity index (χ2n) is 7.08. The molecule has 2 fully saturated rings. The number of aryl methyl sites for hydroxylation is 1. The second kappa shape index (κ2) is 6.60. The van der Waals surface area contributed by atoms with Crippen LogP contribution in [0, 0.1) is 13.8 Å². The van der Waals surface area contributed by atoms with Crippen LogP contribution in [-0.2, 0) is 11.3 Å². The SMILES string of the molecule is Cc1cc(C(=O)CN2C(=O)N[C@@]3(CCSC3)C2=O)c(C)n1Cc1ccco1. The van der Waals surface area contributed by atoms with Gasteiger partial charge in [-0.25, -0.2) is 4.79 Å². The Morgan fingerprint density at radius 3 is 2.85 bits per heavy atom. The molecule has 2 aliphatic rings. The quantitative estimate of drug-likeness (QED) is 0.629. The fraction of sp³-hybridized carbons (Fsp3) is 0.421. The summed E-state index contributed by atoms with van der Waals surface area (Å²) in [6.45, 7) is 4.08. The number of Topliss-reactive ketones (excluding diaryl/α,β-unsaturated/α-hetero) is 1. The average molecular weight is 387 g/mol. The summed E-state index contributed by atoms with van der Waals surface area (Å²) in [5, 5.41) is 2.79. The highest BCUT2D eigenvalue weighted by Crippen LogP contribution is 2.33. The van der Waals surface area contributed by atoms with Crippen LogP contribution < -0.4 is 5.32 Å². The minimum atomic E-state index is -0.821. The van der Waals surface area contributed by atoms with Gasteiger partial charge in [0.2, 0.25) is 0 Å². The predicted molar refractivity (Wildman–Crippen MR) is 101 cm³/mol. The van der Waals surface area contributed by atoms with E-state index < -0.39 is 11.6 Å². The van der Waals surface area contributed by atoms with E-state index in [2.05, 4.69) is 5.32 Å². The molecular weight excluding hydrogens is 366 g/mol. The molecule has 0 radical (unpaired) electrons. The molecule has 2 aliphatic heterocycles. The van der Waals surface area contributed by atoms with E-state index >= 15 is 0 Å². The van der Waals surface area contributed by atoms with Crippen molar-refractivity contribution in [3.63, 3.8) is 0 Å². The lowest BCUT2D eigenvalue weighted by atomic mass is 9.99. The standard InChI is InChI=1S/C19H21N3O4S/c1-12-8-15(13(2)21(12)9-14-4-3-6-26-14)16(23)10-22-17(24)19(20-18(22)25)5-7-27-11-19/h3-4,6,8H,5,7,9-11H2,1-2H3,(H,20,25)/t19-/m1/s1. The number of thioether (sulfide) groups is 1. The Kier molecular flexibility index (Phi) is 4.38. The van der Waals surface area contributed by atoms with Crippen molar-refractivity contribution in [2.75, 3.05) is 18.1 Å². The van der Waals surface area contributed by atoms with Crippen molar-refractivity contribution in [2.45, 2.75) is 32.4 Å². The molecule has 0 bridgehead atoms. The van der Waals surface area contributed by atoms with Crippen LogP contribution >= 0.6 is 11.8 Å². The molecule has 4 rings (SSSR count). The Labute approximate surface area is 161 Å². The molecule has 0 unspecified atom stereocenters. The first-order chi connectivity index (χ1) is 12.9. The van der Waals surface area contributed by atoms with Crippen molar-refractivity contribution in [1.29, 1.82) is 0 Å².